The first-order valence-electron chi connectivity index (χ1n) is 6.23. The van der Waals surface area contributed by atoms with Gasteiger partial charge in [-0.15, -0.1) is 21.5 Å². The molecule has 0 atom stereocenters. The SMILES string of the molecule is O=C(OCc1nnc(-c2ccc(Cl)cc2)o1)c1cc(Cl)sc1Cl. The molecule has 0 aliphatic carbocycles. The summed E-state index contributed by atoms with van der Waals surface area (Å²) in [5.74, 6) is -0.130. The Morgan fingerprint density at radius 3 is 2.57 bits per heavy atom. The highest BCUT2D eigenvalue weighted by molar-refractivity contribution is 7.20. The molecule has 5 nitrogen and oxygen atoms in total. The molecule has 0 spiro atoms. The lowest BCUT2D eigenvalue weighted by Crippen LogP contribution is -2.04. The van der Waals surface area contributed by atoms with Gasteiger partial charge in [-0.05, 0) is 30.3 Å². The van der Waals surface area contributed by atoms with Crippen molar-refractivity contribution in [2.75, 3.05) is 0 Å². The van der Waals surface area contributed by atoms with Crippen molar-refractivity contribution in [1.82, 2.24) is 10.2 Å². The topological polar surface area (TPSA) is 65.2 Å². The standard InChI is InChI=1S/C14H7Cl3N2O3S/c15-8-3-1-7(2-4-8)13-19-18-11(22-13)6-21-14(20)9-5-10(16)23-12(9)17/h1-5H,6H2. The van der Waals surface area contributed by atoms with Crippen molar-refractivity contribution >= 4 is 52.1 Å². The van der Waals surface area contributed by atoms with Crippen LogP contribution < -0.4 is 0 Å². The first-order valence-corrected chi connectivity index (χ1v) is 8.18. The van der Waals surface area contributed by atoms with E-state index in [0.717, 1.165) is 11.3 Å². The normalized spacial score (nSPS) is 10.7. The Morgan fingerprint density at radius 2 is 1.91 bits per heavy atom. The summed E-state index contributed by atoms with van der Waals surface area (Å²) in [6, 6.07) is 8.37. The van der Waals surface area contributed by atoms with Crippen LogP contribution in [-0.2, 0) is 11.3 Å². The lowest BCUT2D eigenvalue weighted by Gasteiger charge is -2.00. The van der Waals surface area contributed by atoms with Gasteiger partial charge in [0.15, 0.2) is 6.61 Å². The number of thiophene rings is 1. The molecule has 0 aliphatic rings. The van der Waals surface area contributed by atoms with E-state index < -0.39 is 5.97 Å². The molecule has 0 saturated carbocycles. The van der Waals surface area contributed by atoms with Crippen molar-refractivity contribution < 1.29 is 13.9 Å². The number of esters is 1. The Hall–Kier alpha value is -1.60. The van der Waals surface area contributed by atoms with Gasteiger partial charge in [-0.3, -0.25) is 0 Å². The number of ether oxygens (including phenoxy) is 1. The zero-order chi connectivity index (χ0) is 16.4. The van der Waals surface area contributed by atoms with Gasteiger partial charge < -0.3 is 9.15 Å². The first-order chi connectivity index (χ1) is 11.0. The fourth-order valence-corrected chi connectivity index (χ4v) is 3.27. The Morgan fingerprint density at radius 1 is 1.17 bits per heavy atom. The molecular formula is C14H7Cl3N2O3S. The number of hydrogen-bond acceptors (Lipinski definition) is 6. The third-order valence-corrected chi connectivity index (χ3v) is 4.50. The van der Waals surface area contributed by atoms with Gasteiger partial charge in [0.1, 0.15) is 4.34 Å². The predicted octanol–water partition coefficient (Wildman–Crippen LogP) is 5.12. The smallest absolute Gasteiger partial charge is 0.341 e. The van der Waals surface area contributed by atoms with Crippen molar-refractivity contribution in [3.8, 4) is 11.5 Å². The van der Waals surface area contributed by atoms with Crippen LogP contribution in [0.4, 0.5) is 0 Å². The molecule has 0 fully saturated rings. The van der Waals surface area contributed by atoms with E-state index in [4.69, 9.17) is 44.0 Å². The minimum absolute atomic E-state index is 0.163. The Balaban J connectivity index is 1.66. The van der Waals surface area contributed by atoms with Crippen LogP contribution in [0.1, 0.15) is 16.2 Å². The monoisotopic (exact) mass is 388 g/mol. The van der Waals surface area contributed by atoms with Crippen molar-refractivity contribution in [1.29, 1.82) is 0 Å². The molecule has 23 heavy (non-hydrogen) atoms. The highest BCUT2D eigenvalue weighted by Gasteiger charge is 2.17. The highest BCUT2D eigenvalue weighted by atomic mass is 35.5. The van der Waals surface area contributed by atoms with Gasteiger partial charge in [0.2, 0.25) is 5.89 Å². The Kier molecular flexibility index (Phi) is 4.87. The van der Waals surface area contributed by atoms with Crippen LogP contribution in [0.3, 0.4) is 0 Å². The number of hydrogen-bond donors (Lipinski definition) is 0. The minimum atomic E-state index is -0.607. The van der Waals surface area contributed by atoms with Crippen LogP contribution in [0, 0.1) is 0 Å². The van der Waals surface area contributed by atoms with Gasteiger partial charge >= 0.3 is 5.97 Å². The number of benzene rings is 1. The van der Waals surface area contributed by atoms with Crippen LogP contribution in [-0.4, -0.2) is 16.2 Å². The lowest BCUT2D eigenvalue weighted by molar-refractivity contribution is 0.0439. The Bertz CT molecular complexity index is 845. The maximum absolute atomic E-state index is 11.9. The summed E-state index contributed by atoms with van der Waals surface area (Å²) in [7, 11) is 0. The molecule has 0 saturated heterocycles. The molecular weight excluding hydrogens is 383 g/mol. The summed E-state index contributed by atoms with van der Waals surface area (Å²) in [5.41, 5.74) is 0.922. The molecule has 0 radical (unpaired) electrons. The number of nitrogens with zero attached hydrogens (tertiary/aromatic N) is 2. The van der Waals surface area contributed by atoms with Gasteiger partial charge in [-0.25, -0.2) is 4.79 Å². The van der Waals surface area contributed by atoms with E-state index in [2.05, 4.69) is 10.2 Å². The third kappa shape index (κ3) is 3.84. The molecule has 1 aromatic carbocycles. The summed E-state index contributed by atoms with van der Waals surface area (Å²) in [5, 5.41) is 8.32. The third-order valence-electron chi connectivity index (χ3n) is 2.76. The van der Waals surface area contributed by atoms with Gasteiger partial charge in [0.05, 0.1) is 9.90 Å². The largest absolute Gasteiger partial charge is 0.452 e. The van der Waals surface area contributed by atoms with E-state index in [-0.39, 0.29) is 22.4 Å². The molecule has 3 rings (SSSR count). The zero-order valence-electron chi connectivity index (χ0n) is 11.3. The van der Waals surface area contributed by atoms with Crippen LogP contribution in [0.2, 0.25) is 13.7 Å². The summed E-state index contributed by atoms with van der Waals surface area (Å²) in [6.45, 7) is -0.163. The molecule has 0 N–H and O–H groups in total. The van der Waals surface area contributed by atoms with Crippen LogP contribution in [0.25, 0.3) is 11.5 Å². The molecule has 2 aromatic heterocycles. The van der Waals surface area contributed by atoms with E-state index in [1.807, 2.05) is 0 Å². The first kappa shape index (κ1) is 16.3. The van der Waals surface area contributed by atoms with Gasteiger partial charge in [0, 0.05) is 10.6 Å². The fourth-order valence-electron chi connectivity index (χ4n) is 1.71. The quantitative estimate of drug-likeness (QED) is 0.580. The molecule has 0 bridgehead atoms. The van der Waals surface area contributed by atoms with E-state index in [0.29, 0.717) is 20.8 Å². The summed E-state index contributed by atoms with van der Waals surface area (Å²) >= 11 is 18.6. The fraction of sp³-hybridized carbons (Fsp3) is 0.0714. The maximum atomic E-state index is 11.9. The van der Waals surface area contributed by atoms with Crippen LogP contribution in [0.5, 0.6) is 0 Å². The van der Waals surface area contributed by atoms with Gasteiger partial charge in [0.25, 0.3) is 5.89 Å². The zero-order valence-corrected chi connectivity index (χ0v) is 14.3. The number of aromatic nitrogens is 2. The van der Waals surface area contributed by atoms with Crippen LogP contribution >= 0.6 is 46.1 Å². The second-order valence-corrected chi connectivity index (χ2v) is 7.04. The molecule has 118 valence electrons. The lowest BCUT2D eigenvalue weighted by atomic mass is 10.2. The van der Waals surface area contributed by atoms with Gasteiger partial charge in [-0.2, -0.15) is 0 Å². The van der Waals surface area contributed by atoms with Crippen molar-refractivity contribution in [2.24, 2.45) is 0 Å². The summed E-state index contributed by atoms with van der Waals surface area (Å²) < 4.78 is 11.2. The van der Waals surface area contributed by atoms with Crippen molar-refractivity contribution in [2.45, 2.75) is 6.61 Å². The summed E-state index contributed by atoms with van der Waals surface area (Å²) in [6.07, 6.45) is 0. The Labute approximate surface area is 149 Å². The highest BCUT2D eigenvalue weighted by Crippen LogP contribution is 2.31. The average Bonchev–Trinajstić information content (AvgIpc) is 3.12. The second kappa shape index (κ2) is 6.88. The molecule has 9 heteroatoms. The second-order valence-electron chi connectivity index (χ2n) is 4.32. The van der Waals surface area contributed by atoms with E-state index in [1.165, 1.54) is 6.07 Å². The van der Waals surface area contributed by atoms with Crippen LogP contribution in [0.15, 0.2) is 34.7 Å². The molecule has 2 heterocycles. The number of rotatable bonds is 4. The number of carbonyl (C=O) groups excluding carboxylic acids is 1. The predicted molar refractivity (Wildman–Crippen MR) is 88.2 cm³/mol. The van der Waals surface area contributed by atoms with E-state index in [9.17, 15) is 4.79 Å². The van der Waals surface area contributed by atoms with Crippen molar-refractivity contribution in [3.63, 3.8) is 0 Å². The molecule has 0 amide bonds. The van der Waals surface area contributed by atoms with Gasteiger partial charge in [-0.1, -0.05) is 34.8 Å². The average molecular weight is 390 g/mol. The number of halogens is 3. The molecule has 0 aliphatic heterocycles. The maximum Gasteiger partial charge on any atom is 0.341 e. The summed E-state index contributed by atoms with van der Waals surface area (Å²) in [4.78, 5) is 11.9. The molecule has 0 unspecified atom stereocenters. The van der Waals surface area contributed by atoms with E-state index in [1.54, 1.807) is 24.3 Å². The van der Waals surface area contributed by atoms with Crippen molar-refractivity contribution in [3.05, 3.63) is 55.5 Å². The number of carbonyl (C=O) groups is 1. The minimum Gasteiger partial charge on any atom is -0.452 e. The molecule has 3 aromatic rings. The van der Waals surface area contributed by atoms with E-state index >= 15 is 0 Å².